The molecule has 1 amide bonds. The number of aryl methyl sites for hydroxylation is 1. The number of thioether (sulfide) groups is 1. The Bertz CT molecular complexity index is 1210. The number of hydrogen-bond donors (Lipinski definition) is 1. The average molecular weight is 491 g/mol. The lowest BCUT2D eigenvalue weighted by atomic mass is 10.2. The van der Waals surface area contributed by atoms with Crippen LogP contribution in [0.3, 0.4) is 0 Å². The van der Waals surface area contributed by atoms with E-state index in [1.54, 1.807) is 12.1 Å². The summed E-state index contributed by atoms with van der Waals surface area (Å²) in [5.74, 6) is -0.0249. The number of carbonyl (C=O) groups excluding carboxylic acids is 1. The molecule has 0 bridgehead atoms. The highest BCUT2D eigenvalue weighted by Gasteiger charge is 2.29. The van der Waals surface area contributed by atoms with Crippen molar-refractivity contribution in [2.45, 2.75) is 43.3 Å². The van der Waals surface area contributed by atoms with Crippen molar-refractivity contribution >= 4 is 44.9 Å². The number of benzene rings is 2. The van der Waals surface area contributed by atoms with Gasteiger partial charge in [0.05, 0.1) is 16.4 Å². The van der Waals surface area contributed by atoms with Crippen LogP contribution in [-0.4, -0.2) is 35.9 Å². The largest absolute Gasteiger partial charge is 0.379 e. The summed E-state index contributed by atoms with van der Waals surface area (Å²) >= 11 is 1.35. The second-order valence-corrected chi connectivity index (χ2v) is 9.94. The minimum absolute atomic E-state index is 0.0408. The van der Waals surface area contributed by atoms with E-state index in [-0.39, 0.29) is 27.5 Å². The summed E-state index contributed by atoms with van der Waals surface area (Å²) in [6.45, 7) is 3.59. The first kappa shape index (κ1) is 24.4. The zero-order valence-corrected chi connectivity index (χ0v) is 19.6. The Kier molecular flexibility index (Phi) is 7.82. The summed E-state index contributed by atoms with van der Waals surface area (Å²) in [5.41, 5.74) is 0.673. The predicted octanol–water partition coefficient (Wildman–Crippen LogP) is 3.78. The number of carbonyl (C=O) groups is 1. The monoisotopic (exact) mass is 490 g/mol. The van der Waals surface area contributed by atoms with E-state index in [0.29, 0.717) is 16.3 Å². The summed E-state index contributed by atoms with van der Waals surface area (Å²) in [6, 6.07) is 9.60. The molecule has 1 atom stereocenters. The van der Waals surface area contributed by atoms with Crippen LogP contribution in [0.15, 0.2) is 57.6 Å². The lowest BCUT2D eigenvalue weighted by Gasteiger charge is -2.08. The quantitative estimate of drug-likeness (QED) is 0.244. The maximum atomic E-state index is 12.5. The normalized spacial score (nSPS) is 17.5. The Morgan fingerprint density at radius 2 is 1.97 bits per heavy atom. The first-order valence-corrected chi connectivity index (χ1v) is 12.4. The molecule has 2 aromatic rings. The van der Waals surface area contributed by atoms with Gasteiger partial charge in [-0.1, -0.05) is 37.6 Å². The second-order valence-electron chi connectivity index (χ2n) is 7.20. The third-order valence-electron chi connectivity index (χ3n) is 4.70. The van der Waals surface area contributed by atoms with Gasteiger partial charge >= 0.3 is 10.1 Å². The number of nitrogens with zero attached hydrogens (tertiary/aromatic N) is 3. The van der Waals surface area contributed by atoms with Crippen molar-refractivity contribution in [1.29, 1.82) is 0 Å². The van der Waals surface area contributed by atoms with E-state index < -0.39 is 15.0 Å². The molecule has 1 heterocycles. The van der Waals surface area contributed by atoms with Crippen LogP contribution in [0.4, 0.5) is 5.69 Å². The summed E-state index contributed by atoms with van der Waals surface area (Å²) in [4.78, 5) is 22.0. The van der Waals surface area contributed by atoms with Crippen LogP contribution < -0.4 is 9.50 Å². The number of nitro groups is 1. The van der Waals surface area contributed by atoms with Gasteiger partial charge in [0.15, 0.2) is 5.17 Å². The number of nitro benzene ring substituents is 1. The molecule has 0 radical (unpaired) electrons. The molecule has 1 N–H and O–H groups in total. The molecular formula is C21H22N4O6S2. The SMILES string of the molecule is CCCCC1S/C(=N/N=C/c2ccc(OS(=O)(=O)c3ccc(C)c([N+](=O)[O-])c3)cc2)NC1=O. The van der Waals surface area contributed by atoms with Crippen LogP contribution in [0.1, 0.15) is 37.3 Å². The Balaban J connectivity index is 1.64. The van der Waals surface area contributed by atoms with Crippen LogP contribution in [0.5, 0.6) is 5.75 Å². The molecule has 3 rings (SSSR count). The van der Waals surface area contributed by atoms with Crippen LogP contribution in [0.2, 0.25) is 0 Å². The summed E-state index contributed by atoms with van der Waals surface area (Å²) in [6.07, 6.45) is 4.23. The number of rotatable bonds is 9. The van der Waals surface area contributed by atoms with Gasteiger partial charge in [-0.25, -0.2) is 0 Å². The molecule has 33 heavy (non-hydrogen) atoms. The summed E-state index contributed by atoms with van der Waals surface area (Å²) in [7, 11) is -4.25. The van der Waals surface area contributed by atoms with Crippen molar-refractivity contribution in [3.8, 4) is 5.75 Å². The zero-order chi connectivity index (χ0) is 24.0. The molecule has 1 aliphatic heterocycles. The molecule has 0 aliphatic carbocycles. The smallest absolute Gasteiger partial charge is 0.339 e. The molecule has 1 fully saturated rings. The van der Waals surface area contributed by atoms with E-state index in [1.165, 1.54) is 49.2 Å². The Labute approximate surface area is 195 Å². The van der Waals surface area contributed by atoms with Gasteiger partial charge in [-0.2, -0.15) is 13.5 Å². The topological polar surface area (TPSA) is 140 Å². The number of unbranched alkanes of at least 4 members (excludes halogenated alkanes) is 1. The highest BCUT2D eigenvalue weighted by atomic mass is 32.2. The summed E-state index contributed by atoms with van der Waals surface area (Å²) in [5, 5.41) is 22.0. The van der Waals surface area contributed by atoms with Crippen LogP contribution in [0, 0.1) is 17.0 Å². The van der Waals surface area contributed by atoms with Crippen LogP contribution in [-0.2, 0) is 14.9 Å². The van der Waals surface area contributed by atoms with Gasteiger partial charge in [-0.3, -0.25) is 14.9 Å². The first-order valence-electron chi connectivity index (χ1n) is 10.1. The van der Waals surface area contributed by atoms with E-state index in [4.69, 9.17) is 4.18 Å². The van der Waals surface area contributed by atoms with Crippen LogP contribution in [0.25, 0.3) is 0 Å². The second kappa shape index (κ2) is 10.6. The Morgan fingerprint density at radius 1 is 1.24 bits per heavy atom. The molecule has 2 aromatic carbocycles. The van der Waals surface area contributed by atoms with Gasteiger partial charge in [0.25, 0.3) is 5.69 Å². The highest BCUT2D eigenvalue weighted by molar-refractivity contribution is 8.15. The van der Waals surface area contributed by atoms with Gasteiger partial charge in [0, 0.05) is 11.6 Å². The van der Waals surface area contributed by atoms with Crippen molar-refractivity contribution in [2.75, 3.05) is 0 Å². The number of amides is 1. The van der Waals surface area contributed by atoms with Crippen molar-refractivity contribution < 1.29 is 22.3 Å². The molecule has 1 saturated heterocycles. The third kappa shape index (κ3) is 6.39. The maximum absolute atomic E-state index is 12.5. The number of nitrogens with one attached hydrogen (secondary N) is 1. The molecule has 0 spiro atoms. The number of hydrogen-bond acceptors (Lipinski definition) is 9. The van der Waals surface area contributed by atoms with Gasteiger partial charge < -0.3 is 9.50 Å². The summed E-state index contributed by atoms with van der Waals surface area (Å²) < 4.78 is 30.1. The fourth-order valence-corrected chi connectivity index (χ4v) is 4.83. The van der Waals surface area contributed by atoms with Gasteiger partial charge in [-0.05, 0) is 49.2 Å². The van der Waals surface area contributed by atoms with Crippen molar-refractivity contribution in [2.24, 2.45) is 10.2 Å². The molecule has 0 saturated carbocycles. The molecule has 12 heteroatoms. The van der Waals surface area contributed by atoms with E-state index in [9.17, 15) is 23.3 Å². The lowest BCUT2D eigenvalue weighted by Crippen LogP contribution is -2.24. The predicted molar refractivity (Wildman–Crippen MR) is 126 cm³/mol. The third-order valence-corrected chi connectivity index (χ3v) is 7.09. The fraction of sp³-hybridized carbons (Fsp3) is 0.286. The molecule has 1 aliphatic rings. The maximum Gasteiger partial charge on any atom is 0.339 e. The van der Waals surface area contributed by atoms with Crippen molar-refractivity contribution in [3.05, 3.63) is 63.7 Å². The van der Waals surface area contributed by atoms with E-state index in [0.717, 1.165) is 25.3 Å². The Morgan fingerprint density at radius 3 is 2.64 bits per heavy atom. The Hall–Kier alpha value is -3.25. The zero-order valence-electron chi connectivity index (χ0n) is 17.9. The van der Waals surface area contributed by atoms with Crippen molar-refractivity contribution in [1.82, 2.24) is 5.32 Å². The highest BCUT2D eigenvalue weighted by Crippen LogP contribution is 2.26. The van der Waals surface area contributed by atoms with E-state index in [1.807, 2.05) is 0 Å². The van der Waals surface area contributed by atoms with E-state index in [2.05, 4.69) is 22.4 Å². The minimum Gasteiger partial charge on any atom is -0.379 e. The van der Waals surface area contributed by atoms with Gasteiger partial charge in [-0.15, -0.1) is 5.10 Å². The van der Waals surface area contributed by atoms with Gasteiger partial charge in [0.2, 0.25) is 5.91 Å². The molecule has 174 valence electrons. The minimum atomic E-state index is -4.25. The average Bonchev–Trinajstić information content (AvgIpc) is 3.12. The lowest BCUT2D eigenvalue weighted by molar-refractivity contribution is -0.385. The molecular weight excluding hydrogens is 468 g/mol. The standard InChI is InChI=1S/C21H22N4O6S2/c1-3-4-5-19-20(26)23-21(32-19)24-22-13-15-7-9-16(10-8-15)31-33(29,30)17-11-6-14(2)18(12-17)25(27)28/h6-13,19H,3-5H2,1-2H3,(H,23,24,26)/b22-13+. The molecule has 1 unspecified atom stereocenters. The first-order chi connectivity index (χ1) is 15.7. The fourth-order valence-electron chi connectivity index (χ4n) is 2.91. The number of amidine groups is 1. The van der Waals surface area contributed by atoms with Gasteiger partial charge in [0.1, 0.15) is 10.6 Å². The van der Waals surface area contributed by atoms with Crippen molar-refractivity contribution in [3.63, 3.8) is 0 Å². The molecule has 10 nitrogen and oxygen atoms in total. The van der Waals surface area contributed by atoms with Crippen LogP contribution >= 0.6 is 11.8 Å². The van der Waals surface area contributed by atoms with E-state index >= 15 is 0 Å². The molecule has 0 aromatic heterocycles.